The second-order valence-corrected chi connectivity index (χ2v) is 10.3. The smallest absolute Gasteiger partial charge is 0.871 e. The van der Waals surface area contributed by atoms with Crippen LogP contribution in [0.4, 0.5) is 10.1 Å². The number of ketones is 1. The van der Waals surface area contributed by atoms with Crippen LogP contribution in [0.15, 0.2) is 51.3 Å². The molecule has 2 aromatic rings. The van der Waals surface area contributed by atoms with Gasteiger partial charge in [0, 0.05) is 6.07 Å². The molecule has 1 aliphatic carbocycles. The van der Waals surface area contributed by atoms with Crippen molar-refractivity contribution in [3.63, 3.8) is 0 Å². The van der Waals surface area contributed by atoms with Crippen molar-refractivity contribution in [3.05, 3.63) is 58.9 Å². The van der Waals surface area contributed by atoms with Gasteiger partial charge in [-0.25, -0.2) is 4.39 Å². The minimum Gasteiger partial charge on any atom is -0.871 e. The average Bonchev–Trinajstić information content (AvgIpc) is 2.81. The van der Waals surface area contributed by atoms with Crippen molar-refractivity contribution in [3.8, 4) is 5.75 Å². The van der Waals surface area contributed by atoms with Crippen LogP contribution >= 0.6 is 0 Å². The van der Waals surface area contributed by atoms with Crippen molar-refractivity contribution in [1.29, 1.82) is 0 Å². The molecule has 0 radical (unpaired) electrons. The molecular weight excluding hydrogens is 512 g/mol. The summed E-state index contributed by atoms with van der Waals surface area (Å²) in [6.45, 7) is 3.35. The van der Waals surface area contributed by atoms with Gasteiger partial charge in [-0.15, -0.1) is 4.40 Å². The summed E-state index contributed by atoms with van der Waals surface area (Å²) in [5.74, 6) is -3.04. The van der Waals surface area contributed by atoms with Gasteiger partial charge in [-0.2, -0.15) is 8.42 Å². The third kappa shape index (κ3) is 5.18. The van der Waals surface area contributed by atoms with Gasteiger partial charge >= 0.3 is 29.6 Å². The number of carbonyl (C=O) groups is 2. The molecule has 2 aliphatic rings. The Morgan fingerprint density at radius 2 is 1.84 bits per heavy atom. The van der Waals surface area contributed by atoms with E-state index in [1.807, 2.05) is 13.8 Å². The Morgan fingerprint density at radius 3 is 2.46 bits per heavy atom. The van der Waals surface area contributed by atoms with Gasteiger partial charge in [-0.1, -0.05) is 38.5 Å². The molecule has 1 heterocycles. The predicted molar refractivity (Wildman–Crippen MR) is 129 cm³/mol. The fourth-order valence-corrected chi connectivity index (χ4v) is 6.04. The minimum absolute atomic E-state index is 0. The summed E-state index contributed by atoms with van der Waals surface area (Å²) in [4.78, 5) is 24.7. The molecule has 3 N–H and O–H groups in total. The molecule has 12 heteroatoms. The quantitative estimate of drug-likeness (QED) is 0.427. The van der Waals surface area contributed by atoms with Crippen LogP contribution < -0.4 is 50.5 Å². The number of amides is 1. The van der Waals surface area contributed by atoms with E-state index in [0.29, 0.717) is 31.2 Å². The maximum Gasteiger partial charge on any atom is 1.00 e. The number of nitrogens with zero attached hydrogens (tertiary/aromatic N) is 1. The zero-order valence-electron chi connectivity index (χ0n) is 20.8. The molecule has 190 valence electrons. The van der Waals surface area contributed by atoms with E-state index in [0.717, 1.165) is 6.07 Å². The first-order valence-electron chi connectivity index (χ1n) is 11.5. The SMILES string of the molecule is CCCC1(CCC)C(=O)C(C2=NS(=O)(=O)c3cc(OCC(N)=O)ccc3N2)=C([O-])c2cc(F)ccc21.[Na+]. The number of fused-ring (bicyclic) bond motifs is 2. The Balaban J connectivity index is 0.00000380. The molecule has 0 spiro atoms. The number of primary amides is 1. The van der Waals surface area contributed by atoms with Crippen molar-refractivity contribution in [2.75, 3.05) is 11.9 Å². The molecule has 0 unspecified atom stereocenters. The normalized spacial score (nSPS) is 17.1. The second-order valence-electron chi connectivity index (χ2n) is 8.76. The zero-order valence-corrected chi connectivity index (χ0v) is 23.6. The molecule has 2 aromatic carbocycles. The summed E-state index contributed by atoms with van der Waals surface area (Å²) in [5, 5.41) is 16.3. The van der Waals surface area contributed by atoms with Gasteiger partial charge < -0.3 is 20.9 Å². The van der Waals surface area contributed by atoms with Gasteiger partial charge in [0.15, 0.2) is 18.2 Å². The number of benzene rings is 2. The van der Waals surface area contributed by atoms with Crippen LogP contribution in [0.2, 0.25) is 0 Å². The molecule has 0 fully saturated rings. The molecule has 0 bridgehead atoms. The molecule has 0 saturated heterocycles. The second kappa shape index (κ2) is 10.9. The number of nitrogens with two attached hydrogens (primary N) is 1. The molecule has 9 nitrogen and oxygen atoms in total. The fraction of sp³-hybridized carbons (Fsp3) is 0.320. The van der Waals surface area contributed by atoms with Crippen LogP contribution in [-0.4, -0.2) is 32.6 Å². The summed E-state index contributed by atoms with van der Waals surface area (Å²) in [5.41, 5.74) is 4.07. The van der Waals surface area contributed by atoms with Gasteiger partial charge in [0.25, 0.3) is 15.9 Å². The van der Waals surface area contributed by atoms with Crippen molar-refractivity contribution >= 4 is 39.0 Å². The monoisotopic (exact) mass is 537 g/mol. The Morgan fingerprint density at radius 1 is 1.16 bits per heavy atom. The van der Waals surface area contributed by atoms with Crippen LogP contribution in [0.1, 0.15) is 50.7 Å². The Hall–Kier alpha value is -2.73. The minimum atomic E-state index is -4.37. The number of ether oxygens (including phenoxy) is 1. The topological polar surface area (TPSA) is 151 Å². The summed E-state index contributed by atoms with van der Waals surface area (Å²) < 4.78 is 49.3. The van der Waals surface area contributed by atoms with Crippen LogP contribution in [0.5, 0.6) is 5.75 Å². The number of carbonyl (C=O) groups excluding carboxylic acids is 2. The summed E-state index contributed by atoms with van der Waals surface area (Å²) in [6.07, 6.45) is 2.01. The average molecular weight is 538 g/mol. The Kier molecular flexibility index (Phi) is 8.53. The van der Waals surface area contributed by atoms with Gasteiger partial charge in [-0.05, 0) is 48.2 Å². The summed E-state index contributed by atoms with van der Waals surface area (Å²) >= 11 is 0. The molecule has 4 rings (SSSR count). The number of sulfonamides is 1. The van der Waals surface area contributed by atoms with Crippen molar-refractivity contribution in [2.24, 2.45) is 10.1 Å². The Labute approximate surface area is 236 Å². The maximum absolute atomic E-state index is 14.2. The van der Waals surface area contributed by atoms with E-state index in [-0.39, 0.29) is 51.5 Å². The van der Waals surface area contributed by atoms with Gasteiger partial charge in [-0.3, -0.25) is 9.59 Å². The third-order valence-corrected chi connectivity index (χ3v) is 7.61. The van der Waals surface area contributed by atoms with E-state index in [2.05, 4.69) is 9.71 Å². The van der Waals surface area contributed by atoms with Gasteiger partial charge in [0.2, 0.25) is 0 Å². The molecule has 37 heavy (non-hydrogen) atoms. The van der Waals surface area contributed by atoms with E-state index in [4.69, 9.17) is 10.5 Å². The first-order valence-corrected chi connectivity index (χ1v) is 12.9. The number of hydrogen-bond acceptors (Lipinski definition) is 7. The molecule has 1 amide bonds. The fourth-order valence-electron chi connectivity index (χ4n) is 4.90. The van der Waals surface area contributed by atoms with Gasteiger partial charge in [0.1, 0.15) is 16.5 Å². The van der Waals surface area contributed by atoms with Crippen LogP contribution in [0.25, 0.3) is 5.76 Å². The van der Waals surface area contributed by atoms with Gasteiger partial charge in [0.05, 0.1) is 16.7 Å². The zero-order chi connectivity index (χ0) is 26.3. The molecule has 0 saturated carbocycles. The van der Waals surface area contributed by atoms with Crippen molar-refractivity contribution in [2.45, 2.75) is 49.8 Å². The molecular formula is C25H25FN3NaO6S. The largest absolute Gasteiger partial charge is 1.00 e. The van der Waals surface area contributed by atoms with Crippen LogP contribution in [0, 0.1) is 5.82 Å². The van der Waals surface area contributed by atoms with Crippen molar-refractivity contribution in [1.82, 2.24) is 0 Å². The number of Topliss-reactive ketones (excluding diaryl/α,β-unsaturated/α-hetero) is 1. The summed E-state index contributed by atoms with van der Waals surface area (Å²) in [7, 11) is -4.37. The summed E-state index contributed by atoms with van der Waals surface area (Å²) in [6, 6.07) is 7.72. The van der Waals surface area contributed by atoms with E-state index < -0.39 is 56.7 Å². The maximum atomic E-state index is 14.2. The number of amidine groups is 1. The first-order chi connectivity index (χ1) is 17.0. The molecule has 0 atom stereocenters. The number of anilines is 1. The number of nitrogens with one attached hydrogen (secondary N) is 1. The molecule has 1 aliphatic heterocycles. The van der Waals surface area contributed by atoms with E-state index in [1.54, 1.807) is 0 Å². The predicted octanol–water partition coefficient (Wildman–Crippen LogP) is -0.601. The molecule has 0 aromatic heterocycles. The van der Waals surface area contributed by atoms with Crippen molar-refractivity contribution < 1.29 is 61.8 Å². The number of hydrogen-bond donors (Lipinski definition) is 2. The van der Waals surface area contributed by atoms with E-state index >= 15 is 0 Å². The van der Waals surface area contributed by atoms with E-state index in [1.165, 1.54) is 30.3 Å². The standard InChI is InChI=1S/C25H26FN3O6S.Na/c1-3-9-25(10-4-2)17-7-5-14(26)11-16(17)22(31)21(23(25)32)24-28-18-8-6-15(35-13-20(27)30)12-19(18)36(33,34)29-24;/h5-8,11-12,31H,3-4,9-10,13H2,1-2H3,(H2,27,30)(H,28,29);/q;+1/p-1. The van der Waals surface area contributed by atoms with E-state index in [9.17, 15) is 27.5 Å². The number of halogens is 1. The van der Waals surface area contributed by atoms with Crippen LogP contribution in [0.3, 0.4) is 0 Å². The Bertz CT molecular complexity index is 1430. The third-order valence-electron chi connectivity index (χ3n) is 6.30. The number of rotatable bonds is 8. The first kappa shape index (κ1) is 28.8. The van der Waals surface area contributed by atoms with Crippen LogP contribution in [-0.2, 0) is 25.0 Å².